The van der Waals surface area contributed by atoms with Crippen molar-refractivity contribution in [3.8, 4) is 11.5 Å². The molecule has 4 nitrogen and oxygen atoms in total. The number of ether oxygens (including phenoxy) is 2. The maximum absolute atomic E-state index is 12.3. The molecule has 0 spiro atoms. The molecular weight excluding hydrogens is 254 g/mol. The Balaban J connectivity index is 1.88. The molecule has 1 aromatic heterocycles. The third-order valence-corrected chi connectivity index (χ3v) is 4.31. The van der Waals surface area contributed by atoms with Crippen LogP contribution < -0.4 is 14.9 Å². The van der Waals surface area contributed by atoms with E-state index in [1.807, 2.05) is 6.07 Å². The predicted octanol–water partition coefficient (Wildman–Crippen LogP) is 2.96. The summed E-state index contributed by atoms with van der Waals surface area (Å²) in [5, 5.41) is 0.677. The van der Waals surface area contributed by atoms with Gasteiger partial charge in [0.1, 0.15) is 13.2 Å². The maximum Gasteiger partial charge on any atom is 0.189 e. The normalized spacial score (nSPS) is 18.6. The van der Waals surface area contributed by atoms with Crippen molar-refractivity contribution in [2.45, 2.75) is 31.6 Å². The Morgan fingerprint density at radius 2 is 1.70 bits per heavy atom. The number of rotatable bonds is 1. The minimum Gasteiger partial charge on any atom is -0.486 e. The monoisotopic (exact) mass is 271 g/mol. The number of hydrogen-bond donors (Lipinski definition) is 1. The van der Waals surface area contributed by atoms with E-state index in [4.69, 9.17) is 9.47 Å². The van der Waals surface area contributed by atoms with Gasteiger partial charge in [0.15, 0.2) is 16.9 Å². The van der Waals surface area contributed by atoms with Gasteiger partial charge in [-0.2, -0.15) is 0 Å². The van der Waals surface area contributed by atoms with Gasteiger partial charge in [0.2, 0.25) is 0 Å². The van der Waals surface area contributed by atoms with Crippen LogP contribution in [0.4, 0.5) is 0 Å². The van der Waals surface area contributed by atoms with Crippen molar-refractivity contribution in [1.29, 1.82) is 0 Å². The average molecular weight is 271 g/mol. The van der Waals surface area contributed by atoms with E-state index in [9.17, 15) is 4.79 Å². The minimum absolute atomic E-state index is 0.0672. The number of aromatic nitrogens is 1. The molecule has 2 aliphatic rings. The Morgan fingerprint density at radius 1 is 1.00 bits per heavy atom. The third-order valence-electron chi connectivity index (χ3n) is 4.31. The summed E-state index contributed by atoms with van der Waals surface area (Å²) < 4.78 is 11.1. The average Bonchev–Trinajstić information content (AvgIpc) is 2.99. The van der Waals surface area contributed by atoms with Crippen LogP contribution in [0.25, 0.3) is 10.9 Å². The van der Waals surface area contributed by atoms with Crippen LogP contribution in [-0.4, -0.2) is 18.2 Å². The number of benzene rings is 1. The lowest BCUT2D eigenvalue weighted by atomic mass is 10.0. The highest BCUT2D eigenvalue weighted by molar-refractivity contribution is 5.82. The summed E-state index contributed by atoms with van der Waals surface area (Å²) in [6.45, 7) is 1.10. The summed E-state index contributed by atoms with van der Waals surface area (Å²) in [6.07, 6.45) is 4.86. The number of hydrogen-bond acceptors (Lipinski definition) is 3. The van der Waals surface area contributed by atoms with E-state index in [1.54, 1.807) is 12.1 Å². The predicted molar refractivity (Wildman–Crippen MR) is 76.8 cm³/mol. The van der Waals surface area contributed by atoms with Gasteiger partial charge in [-0.3, -0.25) is 4.79 Å². The van der Waals surface area contributed by atoms with E-state index in [-0.39, 0.29) is 5.43 Å². The van der Waals surface area contributed by atoms with Crippen molar-refractivity contribution in [2.75, 3.05) is 13.2 Å². The van der Waals surface area contributed by atoms with E-state index in [0.717, 1.165) is 17.0 Å². The number of fused-ring (bicyclic) bond motifs is 2. The maximum atomic E-state index is 12.3. The van der Waals surface area contributed by atoms with Crippen molar-refractivity contribution in [3.63, 3.8) is 0 Å². The number of H-pyrrole nitrogens is 1. The Bertz CT molecular complexity index is 713. The molecule has 1 aliphatic carbocycles. The van der Waals surface area contributed by atoms with Crippen LogP contribution in [0.3, 0.4) is 0 Å². The molecular formula is C16H17NO3. The van der Waals surface area contributed by atoms with Gasteiger partial charge >= 0.3 is 0 Å². The molecule has 0 atom stereocenters. The van der Waals surface area contributed by atoms with Crippen LogP contribution in [0.2, 0.25) is 0 Å². The van der Waals surface area contributed by atoms with Crippen LogP contribution in [0, 0.1) is 0 Å². The smallest absolute Gasteiger partial charge is 0.189 e. The third kappa shape index (κ3) is 1.87. The van der Waals surface area contributed by atoms with Gasteiger partial charge in [-0.25, -0.2) is 0 Å². The molecule has 2 aromatic rings. The van der Waals surface area contributed by atoms with Crippen molar-refractivity contribution in [2.24, 2.45) is 0 Å². The zero-order valence-corrected chi connectivity index (χ0v) is 11.3. The first-order valence-corrected chi connectivity index (χ1v) is 7.28. The van der Waals surface area contributed by atoms with Crippen molar-refractivity contribution in [3.05, 3.63) is 34.1 Å². The van der Waals surface area contributed by atoms with E-state index in [1.165, 1.54) is 25.7 Å². The molecule has 104 valence electrons. The topological polar surface area (TPSA) is 51.3 Å². The molecule has 1 aliphatic heterocycles. The van der Waals surface area contributed by atoms with Gasteiger partial charge in [0.05, 0.1) is 5.52 Å². The zero-order chi connectivity index (χ0) is 13.5. The van der Waals surface area contributed by atoms with Gasteiger partial charge in [0, 0.05) is 23.2 Å². The van der Waals surface area contributed by atoms with Gasteiger partial charge < -0.3 is 14.5 Å². The minimum atomic E-state index is 0.0672. The number of pyridine rings is 1. The first kappa shape index (κ1) is 11.8. The molecule has 1 aromatic carbocycles. The summed E-state index contributed by atoms with van der Waals surface area (Å²) in [5.41, 5.74) is 1.98. The van der Waals surface area contributed by atoms with Gasteiger partial charge in [0.25, 0.3) is 0 Å². The fraction of sp³-hybridized carbons (Fsp3) is 0.438. The second-order valence-electron chi connectivity index (χ2n) is 5.61. The number of aromatic amines is 1. The molecule has 1 N–H and O–H groups in total. The SMILES string of the molecule is O=c1cc(C2CCCC2)[nH]c2cc3c(cc12)OCCO3. The molecule has 1 saturated carbocycles. The molecule has 4 rings (SSSR count). The van der Waals surface area contributed by atoms with E-state index in [2.05, 4.69) is 4.98 Å². The molecule has 20 heavy (non-hydrogen) atoms. The van der Waals surface area contributed by atoms with Crippen LogP contribution in [0.5, 0.6) is 11.5 Å². The fourth-order valence-corrected chi connectivity index (χ4v) is 3.26. The number of nitrogens with one attached hydrogen (secondary N) is 1. The summed E-state index contributed by atoms with van der Waals surface area (Å²) in [7, 11) is 0. The highest BCUT2D eigenvalue weighted by Gasteiger charge is 2.20. The summed E-state index contributed by atoms with van der Waals surface area (Å²) in [5.74, 6) is 1.89. The highest BCUT2D eigenvalue weighted by atomic mass is 16.6. The summed E-state index contributed by atoms with van der Waals surface area (Å²) >= 11 is 0. The van der Waals surface area contributed by atoms with Gasteiger partial charge in [-0.1, -0.05) is 12.8 Å². The Morgan fingerprint density at radius 3 is 2.45 bits per heavy atom. The molecule has 0 unspecified atom stereocenters. The Kier molecular flexibility index (Phi) is 2.69. The molecule has 0 bridgehead atoms. The van der Waals surface area contributed by atoms with Crippen molar-refractivity contribution in [1.82, 2.24) is 4.98 Å². The Hall–Kier alpha value is -1.97. The van der Waals surface area contributed by atoms with Crippen molar-refractivity contribution < 1.29 is 9.47 Å². The van der Waals surface area contributed by atoms with E-state index >= 15 is 0 Å². The summed E-state index contributed by atoms with van der Waals surface area (Å²) in [6, 6.07) is 5.44. The molecule has 0 radical (unpaired) electrons. The molecule has 2 heterocycles. The van der Waals surface area contributed by atoms with Crippen LogP contribution in [0.1, 0.15) is 37.3 Å². The molecule has 1 fully saturated rings. The van der Waals surface area contributed by atoms with Gasteiger partial charge in [-0.05, 0) is 24.8 Å². The van der Waals surface area contributed by atoms with Crippen LogP contribution in [0.15, 0.2) is 23.0 Å². The highest BCUT2D eigenvalue weighted by Crippen LogP contribution is 2.36. The quantitative estimate of drug-likeness (QED) is 0.867. The lowest BCUT2D eigenvalue weighted by Gasteiger charge is -2.19. The second-order valence-corrected chi connectivity index (χ2v) is 5.61. The molecule has 4 heteroatoms. The first-order chi connectivity index (χ1) is 9.81. The van der Waals surface area contributed by atoms with E-state index in [0.29, 0.717) is 30.3 Å². The van der Waals surface area contributed by atoms with Crippen molar-refractivity contribution >= 4 is 10.9 Å². The molecule has 0 saturated heterocycles. The molecule has 0 amide bonds. The van der Waals surface area contributed by atoms with Crippen LogP contribution >= 0.6 is 0 Å². The van der Waals surface area contributed by atoms with Crippen LogP contribution in [-0.2, 0) is 0 Å². The summed E-state index contributed by atoms with van der Waals surface area (Å²) in [4.78, 5) is 15.7. The second kappa shape index (κ2) is 4.54. The standard InChI is InChI=1S/C16H17NO3/c18-14-8-12(10-3-1-2-4-10)17-13-9-16-15(7-11(13)14)19-5-6-20-16/h7-10H,1-6H2,(H,17,18). The zero-order valence-electron chi connectivity index (χ0n) is 11.3. The largest absolute Gasteiger partial charge is 0.486 e. The fourth-order valence-electron chi connectivity index (χ4n) is 3.26. The van der Waals surface area contributed by atoms with E-state index < -0.39 is 0 Å². The lowest BCUT2D eigenvalue weighted by Crippen LogP contribution is -2.16. The first-order valence-electron chi connectivity index (χ1n) is 7.28. The lowest BCUT2D eigenvalue weighted by molar-refractivity contribution is 0.172. The van der Waals surface area contributed by atoms with Gasteiger partial charge in [-0.15, -0.1) is 0 Å². The Labute approximate surface area is 116 Å².